The summed E-state index contributed by atoms with van der Waals surface area (Å²) in [7, 11) is 0. The second-order valence-electron chi connectivity index (χ2n) is 4.50. The first-order valence-electron chi connectivity index (χ1n) is 6.55. The highest BCUT2D eigenvalue weighted by atomic mass is 35.5. The van der Waals surface area contributed by atoms with Crippen molar-refractivity contribution in [2.45, 2.75) is 6.54 Å². The Labute approximate surface area is 136 Å². The molecule has 7 nitrogen and oxygen atoms in total. The van der Waals surface area contributed by atoms with Crippen molar-refractivity contribution in [3.05, 3.63) is 69.2 Å². The molecule has 2 N–H and O–H groups in total. The quantitative estimate of drug-likeness (QED) is 0.510. The molecule has 2 amide bonds. The Bertz CT molecular complexity index is 764. The zero-order valence-electron chi connectivity index (χ0n) is 11.8. The van der Waals surface area contributed by atoms with Crippen LogP contribution in [0.5, 0.6) is 0 Å². The average Bonchev–Trinajstić information content (AvgIpc) is 2.54. The van der Waals surface area contributed by atoms with Crippen LogP contribution in [-0.2, 0) is 16.1 Å². The van der Waals surface area contributed by atoms with Gasteiger partial charge in [0.15, 0.2) is 0 Å². The van der Waals surface area contributed by atoms with Crippen molar-refractivity contribution in [1.29, 1.82) is 0 Å². The molecular weight excluding hydrogens is 322 g/mol. The smallest absolute Gasteiger partial charge is 0.313 e. The Morgan fingerprint density at radius 2 is 1.70 bits per heavy atom. The number of para-hydroxylation sites is 2. The number of carbonyl (C=O) groups excluding carboxylic acids is 2. The molecule has 23 heavy (non-hydrogen) atoms. The second-order valence-corrected chi connectivity index (χ2v) is 4.91. The summed E-state index contributed by atoms with van der Waals surface area (Å²) in [6, 6.07) is 12.4. The molecule has 0 aliphatic carbocycles. The topological polar surface area (TPSA) is 101 Å². The van der Waals surface area contributed by atoms with E-state index in [0.29, 0.717) is 10.6 Å². The lowest BCUT2D eigenvalue weighted by Crippen LogP contribution is -2.35. The highest BCUT2D eigenvalue weighted by Crippen LogP contribution is 2.22. The predicted octanol–water partition coefficient (Wildman–Crippen LogP) is 2.50. The molecule has 0 atom stereocenters. The molecule has 2 rings (SSSR count). The van der Waals surface area contributed by atoms with Gasteiger partial charge in [-0.25, -0.2) is 0 Å². The van der Waals surface area contributed by atoms with Gasteiger partial charge in [-0.1, -0.05) is 41.9 Å². The molecule has 8 heteroatoms. The van der Waals surface area contributed by atoms with Gasteiger partial charge in [0, 0.05) is 17.6 Å². The summed E-state index contributed by atoms with van der Waals surface area (Å²) in [5.41, 5.74) is 0.316. The number of hydrogen-bond acceptors (Lipinski definition) is 4. The van der Waals surface area contributed by atoms with E-state index in [1.807, 2.05) is 0 Å². The number of rotatable bonds is 4. The lowest BCUT2D eigenvalue weighted by molar-refractivity contribution is -0.383. The molecule has 0 bridgehead atoms. The number of nitro groups is 1. The molecular formula is C15H12ClN3O4. The number of nitro benzene ring substituents is 1. The number of nitrogens with zero attached hydrogens (tertiary/aromatic N) is 1. The number of hydrogen-bond donors (Lipinski definition) is 2. The number of anilines is 1. The Balaban J connectivity index is 2.00. The minimum Gasteiger partial charge on any atom is -0.344 e. The molecule has 0 fully saturated rings. The summed E-state index contributed by atoms with van der Waals surface area (Å²) in [6.45, 7) is 0.0722. The Hall–Kier alpha value is -2.93. The van der Waals surface area contributed by atoms with E-state index < -0.39 is 16.7 Å². The van der Waals surface area contributed by atoms with Gasteiger partial charge in [0.05, 0.1) is 4.92 Å². The molecule has 0 saturated carbocycles. The van der Waals surface area contributed by atoms with Crippen LogP contribution in [-0.4, -0.2) is 16.7 Å². The molecule has 0 aromatic heterocycles. The molecule has 118 valence electrons. The summed E-state index contributed by atoms with van der Waals surface area (Å²) >= 11 is 5.95. The van der Waals surface area contributed by atoms with Gasteiger partial charge in [-0.3, -0.25) is 19.7 Å². The SMILES string of the molecule is O=C(NCc1ccccc1Cl)C(=O)Nc1ccccc1[N+](=O)[O-]. The molecule has 2 aromatic carbocycles. The molecule has 0 saturated heterocycles. The van der Waals surface area contributed by atoms with E-state index in [1.54, 1.807) is 24.3 Å². The van der Waals surface area contributed by atoms with Gasteiger partial charge in [0.2, 0.25) is 0 Å². The first-order chi connectivity index (χ1) is 11.0. The molecule has 0 unspecified atom stereocenters. The maximum atomic E-state index is 11.8. The summed E-state index contributed by atoms with van der Waals surface area (Å²) in [5, 5.41) is 15.9. The minimum atomic E-state index is -0.994. The molecule has 0 heterocycles. The maximum absolute atomic E-state index is 11.8. The third kappa shape index (κ3) is 4.27. The monoisotopic (exact) mass is 333 g/mol. The van der Waals surface area contributed by atoms with Crippen LogP contribution in [0.4, 0.5) is 11.4 Å². The fourth-order valence-corrected chi connectivity index (χ4v) is 2.02. The summed E-state index contributed by atoms with van der Waals surface area (Å²) in [5.74, 6) is -1.91. The average molecular weight is 334 g/mol. The molecule has 2 aromatic rings. The van der Waals surface area contributed by atoms with E-state index in [1.165, 1.54) is 24.3 Å². The molecule has 0 aliphatic heterocycles. The third-order valence-electron chi connectivity index (χ3n) is 2.95. The van der Waals surface area contributed by atoms with Crippen molar-refractivity contribution in [2.75, 3.05) is 5.32 Å². The van der Waals surface area contributed by atoms with Gasteiger partial charge in [-0.2, -0.15) is 0 Å². The zero-order valence-corrected chi connectivity index (χ0v) is 12.5. The maximum Gasteiger partial charge on any atom is 0.313 e. The van der Waals surface area contributed by atoms with Crippen LogP contribution >= 0.6 is 11.6 Å². The minimum absolute atomic E-state index is 0.0459. The summed E-state index contributed by atoms with van der Waals surface area (Å²) in [4.78, 5) is 33.8. The van der Waals surface area contributed by atoms with Crippen LogP contribution in [0.1, 0.15) is 5.56 Å². The van der Waals surface area contributed by atoms with Gasteiger partial charge in [-0.05, 0) is 17.7 Å². The number of amides is 2. The van der Waals surface area contributed by atoms with Crippen LogP contribution in [0.3, 0.4) is 0 Å². The first kappa shape index (κ1) is 16.4. The van der Waals surface area contributed by atoms with Crippen molar-refractivity contribution in [3.63, 3.8) is 0 Å². The number of benzene rings is 2. The van der Waals surface area contributed by atoms with Crippen LogP contribution in [0, 0.1) is 10.1 Å². The highest BCUT2D eigenvalue weighted by molar-refractivity contribution is 6.39. The zero-order chi connectivity index (χ0) is 16.8. The Kier molecular flexibility index (Phi) is 5.27. The molecule has 0 aliphatic rings. The van der Waals surface area contributed by atoms with Gasteiger partial charge in [0.25, 0.3) is 5.69 Å². The largest absolute Gasteiger partial charge is 0.344 e. The standard InChI is InChI=1S/C15H12ClN3O4/c16-11-6-2-1-5-10(11)9-17-14(20)15(21)18-12-7-3-4-8-13(12)19(22)23/h1-8H,9H2,(H,17,20)(H,18,21). The van der Waals surface area contributed by atoms with Crippen molar-refractivity contribution in [2.24, 2.45) is 0 Å². The van der Waals surface area contributed by atoms with Crippen molar-refractivity contribution in [1.82, 2.24) is 5.32 Å². The molecule has 0 spiro atoms. The highest BCUT2D eigenvalue weighted by Gasteiger charge is 2.19. The predicted molar refractivity (Wildman–Crippen MR) is 85.0 cm³/mol. The van der Waals surface area contributed by atoms with Crippen LogP contribution in [0.15, 0.2) is 48.5 Å². The van der Waals surface area contributed by atoms with E-state index in [-0.39, 0.29) is 17.9 Å². The van der Waals surface area contributed by atoms with Gasteiger partial charge < -0.3 is 10.6 Å². The Morgan fingerprint density at radius 3 is 2.39 bits per heavy atom. The van der Waals surface area contributed by atoms with Crippen molar-refractivity contribution in [3.8, 4) is 0 Å². The van der Waals surface area contributed by atoms with Gasteiger partial charge in [-0.15, -0.1) is 0 Å². The summed E-state index contributed by atoms with van der Waals surface area (Å²) in [6.07, 6.45) is 0. The van der Waals surface area contributed by atoms with E-state index in [0.717, 1.165) is 0 Å². The number of halogens is 1. The Morgan fingerprint density at radius 1 is 1.04 bits per heavy atom. The van der Waals surface area contributed by atoms with Gasteiger partial charge in [0.1, 0.15) is 5.69 Å². The normalized spacial score (nSPS) is 9.96. The fraction of sp³-hybridized carbons (Fsp3) is 0.0667. The van der Waals surface area contributed by atoms with Gasteiger partial charge >= 0.3 is 11.8 Å². The number of nitrogens with one attached hydrogen (secondary N) is 2. The van der Waals surface area contributed by atoms with Crippen LogP contribution in [0.2, 0.25) is 5.02 Å². The summed E-state index contributed by atoms with van der Waals surface area (Å²) < 4.78 is 0. The lowest BCUT2D eigenvalue weighted by atomic mass is 10.2. The fourth-order valence-electron chi connectivity index (χ4n) is 1.82. The first-order valence-corrected chi connectivity index (χ1v) is 6.93. The third-order valence-corrected chi connectivity index (χ3v) is 3.32. The molecule has 0 radical (unpaired) electrons. The van der Waals surface area contributed by atoms with Crippen LogP contribution < -0.4 is 10.6 Å². The lowest BCUT2D eigenvalue weighted by Gasteiger charge is -2.08. The van der Waals surface area contributed by atoms with Crippen LogP contribution in [0.25, 0.3) is 0 Å². The van der Waals surface area contributed by atoms with E-state index >= 15 is 0 Å². The van der Waals surface area contributed by atoms with E-state index in [2.05, 4.69) is 10.6 Å². The van der Waals surface area contributed by atoms with E-state index in [4.69, 9.17) is 11.6 Å². The van der Waals surface area contributed by atoms with Crippen molar-refractivity contribution >= 4 is 34.8 Å². The second kappa shape index (κ2) is 7.37. The van der Waals surface area contributed by atoms with Crippen molar-refractivity contribution < 1.29 is 14.5 Å². The van der Waals surface area contributed by atoms with E-state index in [9.17, 15) is 19.7 Å². The number of carbonyl (C=O) groups is 2.